The lowest BCUT2D eigenvalue weighted by Gasteiger charge is -2.39. The van der Waals surface area contributed by atoms with Gasteiger partial charge in [0, 0.05) is 79.1 Å². The number of carboxylic acids is 1. The summed E-state index contributed by atoms with van der Waals surface area (Å²) >= 11 is 6.96. The Kier molecular flexibility index (Phi) is 39.9. The Bertz CT molecular complexity index is 5370. The standard InChI is InChI=1S/C26H34N2O3S.C26H33NO3S.C24H30N2O3S.C17H20N2O2S.C12H11NO2S.CH4.ClH/c1-18-9-11-20(12-10-18)25(29)28(21-13-15-27(2)16-14-21)22-17-23(19-7-5-4-6-8-19)32-24(22)26(30)31-3;1-18-13-15-20(16-14-18)25(28)27(21-11-7-4-8-12-21)22-17-23(19-9-5-3-6-10-19)31-24(22)26(29)30-2;1-16-7-9-18(10-8-16)23(27)26(19-11-13-25-14-12-19)20-15-21(30-22(20)24(28)29)17-5-3-2-4-6-17;1-21-17(20)16-14(19-13-7-9-18-10-8-13)11-15(22-16)12-5-3-2-4-6-12;1-15-12(14)11-9(13)7-10(16-11)8-5-3-2-4-6-8;;/h4-8,17-18,20-21H,9-16H2,1-3H3;3,5-6,9-10,17-18,20-21H,4,7-8,11-16H2,1-2H3;2-6,15-16,18-19,25H,7-14H2,1H3,(H,28,29);2-6,11,13,18-19H,7-10H2,1H3;2-7H,13H2,1H3;1H4;1H. The summed E-state index contributed by atoms with van der Waals surface area (Å²) in [5.41, 5.74) is 14.5. The fourth-order valence-electron chi connectivity index (χ4n) is 19.0. The number of methoxy groups -OCH3 is 4. The summed E-state index contributed by atoms with van der Waals surface area (Å²) in [6.45, 7) is 12.7. The number of hydrogen-bond donors (Lipinski definition) is 5. The number of halogens is 1. The van der Waals surface area contributed by atoms with Gasteiger partial charge in [0.2, 0.25) is 17.7 Å². The van der Waals surface area contributed by atoms with Crippen LogP contribution in [0.4, 0.5) is 28.4 Å². The molecular formula is C106H133ClN8O13S5. The zero-order valence-corrected chi connectivity index (χ0v) is 82.1. The van der Waals surface area contributed by atoms with Gasteiger partial charge < -0.3 is 77.7 Å². The highest BCUT2D eigenvalue weighted by Gasteiger charge is 2.42. The van der Waals surface area contributed by atoms with E-state index in [9.17, 15) is 43.5 Å². The van der Waals surface area contributed by atoms with Gasteiger partial charge in [0.25, 0.3) is 0 Å². The third-order valence-corrected chi connectivity index (χ3v) is 32.5. The minimum atomic E-state index is -0.949. The average Bonchev–Trinajstić information content (AvgIpc) is 1.66. The van der Waals surface area contributed by atoms with Crippen LogP contribution in [0.2, 0.25) is 0 Å². The number of benzene rings is 5. The van der Waals surface area contributed by atoms with E-state index >= 15 is 0 Å². The number of piperidine rings is 3. The van der Waals surface area contributed by atoms with Crippen LogP contribution < -0.4 is 48.8 Å². The molecule has 0 spiro atoms. The summed E-state index contributed by atoms with van der Waals surface area (Å²) in [5.74, 6) is 0.368. The summed E-state index contributed by atoms with van der Waals surface area (Å²) in [6.07, 6.45) is 23.5. The molecule has 3 aliphatic heterocycles. The van der Waals surface area contributed by atoms with Crippen molar-refractivity contribution in [3.8, 4) is 52.2 Å². The van der Waals surface area contributed by atoms with Crippen LogP contribution in [0.15, 0.2) is 182 Å². The molecule has 3 amide bonds. The molecule has 5 aromatic carbocycles. The zero-order valence-electron chi connectivity index (χ0n) is 77.3. The summed E-state index contributed by atoms with van der Waals surface area (Å²) in [6, 6.07) is 60.6. The van der Waals surface area contributed by atoms with Crippen molar-refractivity contribution in [2.45, 2.75) is 200 Å². The van der Waals surface area contributed by atoms with Crippen LogP contribution in [-0.2, 0) is 33.3 Å². The molecule has 27 heteroatoms. The first-order chi connectivity index (χ1) is 63.6. The van der Waals surface area contributed by atoms with Gasteiger partial charge in [-0.3, -0.25) is 14.4 Å². The second kappa shape index (κ2) is 51.2. The first kappa shape index (κ1) is 104. The van der Waals surface area contributed by atoms with E-state index in [1.165, 1.54) is 91.5 Å². The van der Waals surface area contributed by atoms with Gasteiger partial charge in [-0.15, -0.1) is 56.7 Å². The third-order valence-electron chi connectivity index (χ3n) is 26.7. The summed E-state index contributed by atoms with van der Waals surface area (Å²) in [7, 11) is 7.74. The fraction of sp³-hybridized carbons (Fsp3) is 0.453. The molecule has 133 heavy (non-hydrogen) atoms. The highest BCUT2D eigenvalue weighted by molar-refractivity contribution is 7.19. The average molecular weight is 1920 g/mol. The third kappa shape index (κ3) is 27.3. The van der Waals surface area contributed by atoms with Gasteiger partial charge in [0.15, 0.2) is 0 Å². The highest BCUT2D eigenvalue weighted by Crippen LogP contribution is 2.47. The number of nitrogens with two attached hydrogens (primary N) is 2. The van der Waals surface area contributed by atoms with Crippen LogP contribution in [0.25, 0.3) is 52.2 Å². The smallest absolute Gasteiger partial charge is 0.350 e. The van der Waals surface area contributed by atoms with Gasteiger partial charge in [0.1, 0.15) is 24.4 Å². The maximum absolute atomic E-state index is 14.0. The molecule has 7 fully saturated rings. The topological polar surface area (TPSA) is 273 Å². The molecule has 7 aliphatic rings. The van der Waals surface area contributed by atoms with Gasteiger partial charge in [-0.2, -0.15) is 0 Å². The van der Waals surface area contributed by atoms with Gasteiger partial charge >= 0.3 is 29.8 Å². The number of ether oxygens (including phenoxy) is 4. The Labute approximate surface area is 811 Å². The van der Waals surface area contributed by atoms with Crippen molar-refractivity contribution in [3.05, 3.63) is 206 Å². The fourth-order valence-corrected chi connectivity index (χ4v) is 24.2. The monoisotopic (exact) mass is 1920 g/mol. The molecule has 0 unspecified atom stereocenters. The predicted molar refractivity (Wildman–Crippen MR) is 540 cm³/mol. The maximum Gasteiger partial charge on any atom is 0.350 e. The van der Waals surface area contributed by atoms with E-state index in [4.69, 9.17) is 19.9 Å². The molecule has 21 nitrogen and oxygen atoms in total. The number of anilines is 5. The normalized spacial score (nSPS) is 19.4. The highest BCUT2D eigenvalue weighted by atomic mass is 35.5. The van der Waals surface area contributed by atoms with Crippen LogP contribution in [0.1, 0.15) is 224 Å². The van der Waals surface area contributed by atoms with Crippen molar-refractivity contribution in [2.24, 2.45) is 35.5 Å². The molecular weight excluding hydrogens is 1790 g/mol. The Balaban J connectivity index is 0.000000162. The second-order valence-electron chi connectivity index (χ2n) is 35.9. The van der Waals surface area contributed by atoms with E-state index in [1.54, 1.807) is 6.07 Å². The number of amides is 3. The lowest BCUT2D eigenvalue weighted by atomic mass is 9.81. The van der Waals surface area contributed by atoms with Gasteiger partial charge in [-0.1, -0.05) is 199 Å². The first-order valence-electron chi connectivity index (χ1n) is 46.8. The molecule has 4 aliphatic carbocycles. The molecule has 10 aromatic rings. The maximum atomic E-state index is 14.0. The number of hydrogen-bond acceptors (Lipinski definition) is 21. The lowest BCUT2D eigenvalue weighted by Crippen LogP contribution is -3.00. The Morgan fingerprint density at radius 1 is 0.391 bits per heavy atom. The van der Waals surface area contributed by atoms with Crippen LogP contribution in [0.3, 0.4) is 0 Å². The quantitative estimate of drug-likeness (QED) is 0.0330. The summed E-state index contributed by atoms with van der Waals surface area (Å²) < 4.78 is 19.9. The molecule has 0 atom stereocenters. The molecule has 0 bridgehead atoms. The Hall–Kier alpha value is -9.87. The van der Waals surface area contributed by atoms with Crippen LogP contribution in [-0.4, -0.2) is 156 Å². The lowest BCUT2D eigenvalue weighted by molar-refractivity contribution is -0.662. The molecule has 5 aromatic heterocycles. The Morgan fingerprint density at radius 3 is 1.05 bits per heavy atom. The number of rotatable bonds is 21. The molecule has 7 N–H and O–H groups in total. The number of aromatic carboxylic acids is 1. The summed E-state index contributed by atoms with van der Waals surface area (Å²) in [4.78, 5) is 118. The number of esters is 4. The number of likely N-dealkylation sites (tertiary alicyclic amines) is 1. The number of nitrogens with zero attached hydrogens (tertiary/aromatic N) is 4. The zero-order chi connectivity index (χ0) is 92.5. The molecule has 712 valence electrons. The van der Waals surface area contributed by atoms with Crippen molar-refractivity contribution in [1.29, 1.82) is 0 Å². The number of carbonyl (C=O) groups excluding carboxylic acids is 7. The van der Waals surface area contributed by atoms with E-state index in [0.29, 0.717) is 54.7 Å². The molecule has 3 saturated heterocycles. The van der Waals surface area contributed by atoms with Crippen molar-refractivity contribution in [3.63, 3.8) is 0 Å². The Morgan fingerprint density at radius 2 is 0.692 bits per heavy atom. The molecule has 4 saturated carbocycles. The summed E-state index contributed by atoms with van der Waals surface area (Å²) in [5, 5.41) is 19.1. The van der Waals surface area contributed by atoms with Crippen molar-refractivity contribution >= 4 is 133 Å². The van der Waals surface area contributed by atoms with E-state index in [0.717, 1.165) is 250 Å². The number of quaternary nitrogens is 1. The minimum absolute atomic E-state index is 0. The van der Waals surface area contributed by atoms with E-state index in [1.807, 2.05) is 172 Å². The van der Waals surface area contributed by atoms with Crippen molar-refractivity contribution < 1.29 is 80.1 Å². The van der Waals surface area contributed by atoms with Crippen LogP contribution in [0, 0.1) is 35.5 Å². The number of thiophene rings is 5. The predicted octanol–water partition coefficient (Wildman–Crippen LogP) is 19.9. The largest absolute Gasteiger partial charge is 1.00 e. The van der Waals surface area contributed by atoms with Crippen LogP contribution >= 0.6 is 56.7 Å². The number of carboxylic acid groups (broad SMARTS) is 1. The van der Waals surface area contributed by atoms with Gasteiger partial charge in [-0.05, 0) is 225 Å². The van der Waals surface area contributed by atoms with E-state index in [2.05, 4.69) is 71.6 Å². The van der Waals surface area contributed by atoms with E-state index in [-0.39, 0.29) is 102 Å². The second-order valence-corrected chi connectivity index (χ2v) is 41.2. The first-order valence-corrected chi connectivity index (χ1v) is 50.9. The SMILES string of the molecule is C.CC1CCC(C(=O)N(c2cc(-c3ccccc3)sc2C(=O)O)C2CC[NH2+]CC2)CC1.COC(=O)c1sc(-c2ccccc2)cc1N.COC(=O)c1sc(-c2ccccc2)cc1N(C(=O)C1CCC(C)CC1)C1CCCCC1.COC(=O)c1sc(-c2ccccc2)cc1N(C(=O)C1CCC(C)CC1)C1CCN(C)CC1.COC(=O)c1sc(-c2ccccc2)cc1NC1CCNCC1.[Cl-]. The van der Waals surface area contributed by atoms with Crippen LogP contribution in [0.5, 0.6) is 0 Å². The van der Waals surface area contributed by atoms with E-state index < -0.39 is 5.97 Å². The number of nitrogen functional groups attached to an aromatic ring is 1. The number of carbonyl (C=O) groups is 8. The minimum Gasteiger partial charge on any atom is -1.00 e. The molecule has 0 radical (unpaired) electrons. The van der Waals surface area contributed by atoms with Gasteiger partial charge in [0.05, 0.1) is 70.0 Å². The van der Waals surface area contributed by atoms with Gasteiger partial charge in [-0.25, -0.2) is 24.0 Å². The number of nitrogens with one attached hydrogen (secondary N) is 2. The molecule has 8 heterocycles. The van der Waals surface area contributed by atoms with Crippen molar-refractivity contribution in [1.82, 2.24) is 10.2 Å². The van der Waals surface area contributed by atoms with Crippen molar-refractivity contribution in [2.75, 3.05) is 101 Å². The molecule has 17 rings (SSSR count).